The highest BCUT2D eigenvalue weighted by Gasteiger charge is 2.12. The number of hydrogen-bond donors (Lipinski definition) is 1. The molecule has 21 heavy (non-hydrogen) atoms. The zero-order valence-electron chi connectivity index (χ0n) is 12.3. The molecule has 0 bridgehead atoms. The quantitative estimate of drug-likeness (QED) is 0.700. The van der Waals surface area contributed by atoms with Crippen LogP contribution in [0.25, 0.3) is 11.0 Å². The van der Waals surface area contributed by atoms with Crippen molar-refractivity contribution in [1.29, 1.82) is 0 Å². The van der Waals surface area contributed by atoms with Gasteiger partial charge in [-0.15, -0.1) is 11.8 Å². The molecule has 2 N–H and O–H groups in total. The number of hydrogen-bond acceptors (Lipinski definition) is 3. The zero-order chi connectivity index (χ0) is 14.8. The maximum Gasteiger partial charge on any atom is 0.134 e. The molecule has 3 rings (SSSR count). The third-order valence-corrected chi connectivity index (χ3v) is 4.59. The van der Waals surface area contributed by atoms with Gasteiger partial charge in [0.1, 0.15) is 11.3 Å². The molecule has 0 aliphatic carbocycles. The van der Waals surface area contributed by atoms with Gasteiger partial charge in [-0.3, -0.25) is 0 Å². The fourth-order valence-corrected chi connectivity index (χ4v) is 3.32. The van der Waals surface area contributed by atoms with Crippen LogP contribution in [0.5, 0.6) is 0 Å². The van der Waals surface area contributed by atoms with E-state index in [0.717, 1.165) is 22.5 Å². The lowest BCUT2D eigenvalue weighted by Crippen LogP contribution is -2.11. The second kappa shape index (κ2) is 5.96. The minimum absolute atomic E-state index is 0.0942. The first kappa shape index (κ1) is 14.2. The molecule has 0 spiro atoms. The van der Waals surface area contributed by atoms with E-state index in [0.29, 0.717) is 0 Å². The van der Waals surface area contributed by atoms with Crippen LogP contribution >= 0.6 is 11.8 Å². The number of aryl methyl sites for hydroxylation is 2. The summed E-state index contributed by atoms with van der Waals surface area (Å²) in [6.07, 6.45) is 0. The average molecular weight is 297 g/mol. The van der Waals surface area contributed by atoms with E-state index in [4.69, 9.17) is 10.2 Å². The van der Waals surface area contributed by atoms with Gasteiger partial charge in [0.05, 0.1) is 6.04 Å². The Morgan fingerprint density at radius 3 is 2.67 bits per heavy atom. The fourth-order valence-electron chi connectivity index (χ4n) is 2.34. The van der Waals surface area contributed by atoms with Crippen molar-refractivity contribution < 1.29 is 4.42 Å². The number of benzene rings is 2. The predicted octanol–water partition coefficient (Wildman–Crippen LogP) is 4.84. The van der Waals surface area contributed by atoms with E-state index >= 15 is 0 Å². The molecule has 1 atom stereocenters. The molecule has 0 amide bonds. The Kier molecular flexibility index (Phi) is 4.04. The summed E-state index contributed by atoms with van der Waals surface area (Å²) in [7, 11) is 0. The molecule has 0 fully saturated rings. The maximum atomic E-state index is 6.27. The van der Waals surface area contributed by atoms with E-state index in [1.807, 2.05) is 6.07 Å². The molecule has 1 heterocycles. The van der Waals surface area contributed by atoms with Gasteiger partial charge in [0, 0.05) is 16.0 Å². The molecular formula is C18H19NOS. The summed E-state index contributed by atoms with van der Waals surface area (Å²) in [5.74, 6) is 1.66. The van der Waals surface area contributed by atoms with Crippen LogP contribution in [0, 0.1) is 13.8 Å². The first-order valence-electron chi connectivity index (χ1n) is 7.07. The molecule has 0 aliphatic rings. The van der Waals surface area contributed by atoms with Crippen LogP contribution in [0.3, 0.4) is 0 Å². The number of thioether (sulfide) groups is 1. The van der Waals surface area contributed by atoms with Gasteiger partial charge >= 0.3 is 0 Å². The summed E-state index contributed by atoms with van der Waals surface area (Å²) in [4.78, 5) is 1.25. The van der Waals surface area contributed by atoms with Gasteiger partial charge in [0.25, 0.3) is 0 Å². The predicted molar refractivity (Wildman–Crippen MR) is 89.8 cm³/mol. The fraction of sp³-hybridized carbons (Fsp3) is 0.222. The number of rotatable bonds is 4. The van der Waals surface area contributed by atoms with Gasteiger partial charge in [-0.2, -0.15) is 0 Å². The molecule has 3 heteroatoms. The molecule has 2 aromatic carbocycles. The van der Waals surface area contributed by atoms with E-state index < -0.39 is 0 Å². The molecular weight excluding hydrogens is 278 g/mol. The lowest BCUT2D eigenvalue weighted by Gasteiger charge is -2.08. The minimum Gasteiger partial charge on any atom is -0.459 e. The van der Waals surface area contributed by atoms with Crippen LogP contribution in [0.1, 0.15) is 22.9 Å². The standard InChI is InChI=1S/C18H19NOS/c1-12-4-3-5-15(9-12)21-11-16(19)18-10-14-8-13(2)6-7-17(14)20-18/h3-10,16H,11,19H2,1-2H3. The van der Waals surface area contributed by atoms with Crippen molar-refractivity contribution >= 4 is 22.7 Å². The van der Waals surface area contributed by atoms with Crippen molar-refractivity contribution in [3.05, 3.63) is 65.4 Å². The van der Waals surface area contributed by atoms with Gasteiger partial charge < -0.3 is 10.2 Å². The third-order valence-electron chi connectivity index (χ3n) is 3.48. The van der Waals surface area contributed by atoms with Crippen LogP contribution < -0.4 is 5.73 Å². The van der Waals surface area contributed by atoms with E-state index in [2.05, 4.69) is 56.3 Å². The molecule has 0 saturated heterocycles. The Labute approximate surface area is 129 Å². The minimum atomic E-state index is -0.0942. The molecule has 108 valence electrons. The van der Waals surface area contributed by atoms with Crippen molar-refractivity contribution in [2.24, 2.45) is 5.73 Å². The largest absolute Gasteiger partial charge is 0.459 e. The molecule has 0 saturated carbocycles. The second-order valence-electron chi connectivity index (χ2n) is 5.42. The van der Waals surface area contributed by atoms with Crippen LogP contribution in [-0.4, -0.2) is 5.75 Å². The zero-order valence-corrected chi connectivity index (χ0v) is 13.1. The van der Waals surface area contributed by atoms with Crippen molar-refractivity contribution in [2.75, 3.05) is 5.75 Å². The highest BCUT2D eigenvalue weighted by Crippen LogP contribution is 2.28. The van der Waals surface area contributed by atoms with Crippen LogP contribution in [-0.2, 0) is 0 Å². The Hall–Kier alpha value is -1.71. The third kappa shape index (κ3) is 3.31. The monoisotopic (exact) mass is 297 g/mol. The Balaban J connectivity index is 1.73. The number of nitrogens with two attached hydrogens (primary N) is 1. The summed E-state index contributed by atoms with van der Waals surface area (Å²) >= 11 is 1.77. The molecule has 1 unspecified atom stereocenters. The first-order chi connectivity index (χ1) is 10.1. The normalized spacial score (nSPS) is 12.7. The maximum absolute atomic E-state index is 6.27. The highest BCUT2D eigenvalue weighted by molar-refractivity contribution is 7.99. The SMILES string of the molecule is Cc1cccc(SCC(N)c2cc3cc(C)ccc3o2)c1. The molecule has 2 nitrogen and oxygen atoms in total. The van der Waals surface area contributed by atoms with E-state index in [-0.39, 0.29) is 6.04 Å². The van der Waals surface area contributed by atoms with Gasteiger partial charge in [-0.25, -0.2) is 0 Å². The van der Waals surface area contributed by atoms with Crippen molar-refractivity contribution in [2.45, 2.75) is 24.8 Å². The summed E-state index contributed by atoms with van der Waals surface area (Å²) in [5, 5.41) is 1.13. The van der Waals surface area contributed by atoms with Crippen molar-refractivity contribution in [3.8, 4) is 0 Å². The lowest BCUT2D eigenvalue weighted by atomic mass is 10.2. The van der Waals surface area contributed by atoms with Crippen molar-refractivity contribution in [1.82, 2.24) is 0 Å². The highest BCUT2D eigenvalue weighted by atomic mass is 32.2. The molecule has 1 aromatic heterocycles. The average Bonchev–Trinajstić information content (AvgIpc) is 2.88. The Bertz CT molecular complexity index is 763. The number of fused-ring (bicyclic) bond motifs is 1. The number of furan rings is 1. The summed E-state index contributed by atoms with van der Waals surface area (Å²) < 4.78 is 5.86. The van der Waals surface area contributed by atoms with Gasteiger partial charge in [0.15, 0.2) is 0 Å². The second-order valence-corrected chi connectivity index (χ2v) is 6.52. The molecule has 0 radical (unpaired) electrons. The smallest absolute Gasteiger partial charge is 0.134 e. The summed E-state index contributed by atoms with van der Waals surface area (Å²) in [6, 6.07) is 16.6. The molecule has 3 aromatic rings. The van der Waals surface area contributed by atoms with E-state index in [9.17, 15) is 0 Å². The van der Waals surface area contributed by atoms with Crippen LogP contribution in [0.15, 0.2) is 57.8 Å². The Morgan fingerprint density at radius 1 is 1.05 bits per heavy atom. The lowest BCUT2D eigenvalue weighted by molar-refractivity contribution is 0.516. The topological polar surface area (TPSA) is 39.2 Å². The first-order valence-corrected chi connectivity index (χ1v) is 8.05. The van der Waals surface area contributed by atoms with Crippen LogP contribution in [0.2, 0.25) is 0 Å². The van der Waals surface area contributed by atoms with Gasteiger partial charge in [-0.1, -0.05) is 29.3 Å². The summed E-state index contributed by atoms with van der Waals surface area (Å²) in [6.45, 7) is 4.19. The molecule has 0 aliphatic heterocycles. The Morgan fingerprint density at radius 2 is 1.86 bits per heavy atom. The van der Waals surface area contributed by atoms with E-state index in [1.54, 1.807) is 11.8 Å². The van der Waals surface area contributed by atoms with Gasteiger partial charge in [-0.05, 0) is 44.2 Å². The van der Waals surface area contributed by atoms with Crippen LogP contribution in [0.4, 0.5) is 0 Å². The van der Waals surface area contributed by atoms with Gasteiger partial charge in [0.2, 0.25) is 0 Å². The summed E-state index contributed by atoms with van der Waals surface area (Å²) in [5.41, 5.74) is 9.68. The van der Waals surface area contributed by atoms with E-state index in [1.165, 1.54) is 16.0 Å². The van der Waals surface area contributed by atoms with Crippen molar-refractivity contribution in [3.63, 3.8) is 0 Å².